The highest BCUT2D eigenvalue weighted by atomic mass is 19.1. The lowest BCUT2D eigenvalue weighted by molar-refractivity contribution is 0.0620. The van der Waals surface area contributed by atoms with Crippen LogP contribution in [0, 0.1) is 5.82 Å². The molecule has 1 saturated heterocycles. The molecule has 134 valence electrons. The highest BCUT2D eigenvalue weighted by Crippen LogP contribution is 2.22. The van der Waals surface area contributed by atoms with Crippen LogP contribution in [0.4, 0.5) is 4.39 Å². The van der Waals surface area contributed by atoms with Crippen molar-refractivity contribution in [1.29, 1.82) is 0 Å². The second-order valence-corrected chi connectivity index (χ2v) is 5.87. The van der Waals surface area contributed by atoms with Crippen molar-refractivity contribution in [1.82, 2.24) is 19.9 Å². The van der Waals surface area contributed by atoms with E-state index in [0.29, 0.717) is 56.6 Å². The average Bonchev–Trinajstić information content (AvgIpc) is 3.09. The zero-order valence-electron chi connectivity index (χ0n) is 14.4. The Balaban J connectivity index is 1.60. The lowest BCUT2D eigenvalue weighted by Crippen LogP contribution is -2.48. The fraction of sp³-hybridized carbons (Fsp3) is 0.471. The molecule has 7 nitrogen and oxygen atoms in total. The molecule has 1 aliphatic rings. The third kappa shape index (κ3) is 3.96. The number of methoxy groups -OCH3 is 1. The largest absolute Gasteiger partial charge is 0.496 e. The van der Waals surface area contributed by atoms with Crippen LogP contribution in [0.25, 0.3) is 0 Å². The van der Waals surface area contributed by atoms with Crippen molar-refractivity contribution >= 4 is 5.91 Å². The summed E-state index contributed by atoms with van der Waals surface area (Å²) >= 11 is 0. The van der Waals surface area contributed by atoms with Gasteiger partial charge in [0.25, 0.3) is 5.91 Å². The smallest absolute Gasteiger partial charge is 0.257 e. The number of carbonyl (C=O) groups is 1. The fourth-order valence-corrected chi connectivity index (χ4v) is 2.82. The topological polar surface area (TPSA) is 71.7 Å². The number of carbonyl (C=O) groups excluding carboxylic acids is 1. The molecular formula is C17H21FN4O3. The molecule has 2 aromatic rings. The van der Waals surface area contributed by atoms with Gasteiger partial charge in [-0.25, -0.2) is 4.39 Å². The van der Waals surface area contributed by atoms with E-state index in [4.69, 9.17) is 9.26 Å². The van der Waals surface area contributed by atoms with Gasteiger partial charge in [0.2, 0.25) is 5.89 Å². The number of ether oxygens (including phenoxy) is 1. The van der Waals surface area contributed by atoms with Gasteiger partial charge in [0, 0.05) is 32.6 Å². The van der Waals surface area contributed by atoms with Gasteiger partial charge in [0.1, 0.15) is 11.6 Å². The van der Waals surface area contributed by atoms with E-state index >= 15 is 0 Å². The Morgan fingerprint density at radius 3 is 2.72 bits per heavy atom. The van der Waals surface area contributed by atoms with Gasteiger partial charge in [-0.2, -0.15) is 4.98 Å². The Hall–Kier alpha value is -2.48. The SMILES string of the molecule is CCc1nc(CN2CCN(C(=O)c3cc(F)ccc3OC)CC2)no1. The summed E-state index contributed by atoms with van der Waals surface area (Å²) in [6.45, 7) is 5.05. The molecule has 1 aromatic carbocycles. The zero-order valence-corrected chi connectivity index (χ0v) is 14.4. The lowest BCUT2D eigenvalue weighted by atomic mass is 10.1. The molecule has 3 rings (SSSR count). The zero-order chi connectivity index (χ0) is 17.8. The van der Waals surface area contributed by atoms with E-state index in [2.05, 4.69) is 15.0 Å². The summed E-state index contributed by atoms with van der Waals surface area (Å²) in [6, 6.07) is 3.97. The van der Waals surface area contributed by atoms with Crippen LogP contribution in [0.2, 0.25) is 0 Å². The van der Waals surface area contributed by atoms with Gasteiger partial charge in [0.05, 0.1) is 19.2 Å². The molecule has 2 heterocycles. The highest BCUT2D eigenvalue weighted by molar-refractivity contribution is 5.97. The van der Waals surface area contributed by atoms with Gasteiger partial charge < -0.3 is 14.2 Å². The molecule has 1 fully saturated rings. The molecule has 8 heteroatoms. The molecule has 0 aliphatic carbocycles. The Morgan fingerprint density at radius 2 is 2.08 bits per heavy atom. The van der Waals surface area contributed by atoms with Crippen LogP contribution < -0.4 is 4.74 Å². The maximum atomic E-state index is 13.5. The van der Waals surface area contributed by atoms with E-state index in [9.17, 15) is 9.18 Å². The molecule has 0 atom stereocenters. The van der Waals surface area contributed by atoms with E-state index in [1.807, 2.05) is 6.92 Å². The number of benzene rings is 1. The van der Waals surface area contributed by atoms with Gasteiger partial charge in [-0.05, 0) is 18.2 Å². The first-order chi connectivity index (χ1) is 12.1. The molecular weight excluding hydrogens is 327 g/mol. The number of rotatable bonds is 5. The third-order valence-electron chi connectivity index (χ3n) is 4.23. The van der Waals surface area contributed by atoms with Crippen LogP contribution in [0.5, 0.6) is 5.75 Å². The summed E-state index contributed by atoms with van der Waals surface area (Å²) < 4.78 is 23.8. The highest BCUT2D eigenvalue weighted by Gasteiger charge is 2.25. The molecule has 0 unspecified atom stereocenters. The maximum absolute atomic E-state index is 13.5. The molecule has 1 amide bonds. The van der Waals surface area contributed by atoms with Gasteiger partial charge in [-0.1, -0.05) is 12.1 Å². The maximum Gasteiger partial charge on any atom is 0.257 e. The number of nitrogens with zero attached hydrogens (tertiary/aromatic N) is 4. The normalized spacial score (nSPS) is 15.4. The minimum absolute atomic E-state index is 0.219. The molecule has 1 aliphatic heterocycles. The molecule has 0 radical (unpaired) electrons. The van der Waals surface area contributed by atoms with Crippen LogP contribution >= 0.6 is 0 Å². The molecule has 0 spiro atoms. The Kier molecular flexibility index (Phi) is 5.28. The van der Waals surface area contributed by atoms with Crippen molar-refractivity contribution in [3.8, 4) is 5.75 Å². The van der Waals surface area contributed by atoms with Crippen molar-refractivity contribution in [2.24, 2.45) is 0 Å². The van der Waals surface area contributed by atoms with Crippen LogP contribution in [0.3, 0.4) is 0 Å². The van der Waals surface area contributed by atoms with Gasteiger partial charge in [-0.3, -0.25) is 9.69 Å². The number of halogens is 1. The summed E-state index contributed by atoms with van der Waals surface area (Å²) in [4.78, 5) is 20.8. The summed E-state index contributed by atoms with van der Waals surface area (Å²) in [5.41, 5.74) is 0.252. The molecule has 0 N–H and O–H groups in total. The first-order valence-electron chi connectivity index (χ1n) is 8.27. The third-order valence-corrected chi connectivity index (χ3v) is 4.23. The standard InChI is InChI=1S/C17H21FN4O3/c1-3-16-19-15(20-25-16)11-21-6-8-22(9-7-21)17(23)13-10-12(18)4-5-14(13)24-2/h4-5,10H,3,6-9,11H2,1-2H3. The van der Waals surface area contributed by atoms with Crippen LogP contribution in [0.1, 0.15) is 29.0 Å². The van der Waals surface area contributed by atoms with Crippen molar-refractivity contribution in [3.63, 3.8) is 0 Å². The first-order valence-corrected chi connectivity index (χ1v) is 8.27. The summed E-state index contributed by atoms with van der Waals surface area (Å²) in [7, 11) is 1.47. The minimum atomic E-state index is -0.452. The Labute approximate surface area is 145 Å². The predicted octanol–water partition coefficient (Wildman–Crippen LogP) is 1.74. The van der Waals surface area contributed by atoms with E-state index < -0.39 is 5.82 Å². The molecule has 1 aromatic heterocycles. The summed E-state index contributed by atoms with van der Waals surface area (Å²) in [6.07, 6.45) is 0.713. The van der Waals surface area contributed by atoms with Crippen molar-refractivity contribution in [3.05, 3.63) is 41.3 Å². The number of hydrogen-bond acceptors (Lipinski definition) is 6. The van der Waals surface area contributed by atoms with E-state index in [-0.39, 0.29) is 11.5 Å². The average molecular weight is 348 g/mol. The number of hydrogen-bond donors (Lipinski definition) is 0. The first kappa shape index (κ1) is 17.3. The van der Waals surface area contributed by atoms with Gasteiger partial charge in [-0.15, -0.1) is 0 Å². The van der Waals surface area contributed by atoms with E-state index in [0.717, 1.165) is 0 Å². The van der Waals surface area contributed by atoms with E-state index in [1.165, 1.54) is 25.3 Å². The summed E-state index contributed by atoms with van der Waals surface area (Å²) in [5.74, 6) is 0.994. The van der Waals surface area contributed by atoms with Crippen LogP contribution in [0.15, 0.2) is 22.7 Å². The summed E-state index contributed by atoms with van der Waals surface area (Å²) in [5, 5.41) is 3.95. The van der Waals surface area contributed by atoms with Crippen LogP contribution in [-0.2, 0) is 13.0 Å². The second-order valence-electron chi connectivity index (χ2n) is 5.87. The number of amides is 1. The lowest BCUT2D eigenvalue weighted by Gasteiger charge is -2.34. The van der Waals surface area contributed by atoms with Crippen molar-refractivity contribution in [2.75, 3.05) is 33.3 Å². The molecule has 0 bridgehead atoms. The van der Waals surface area contributed by atoms with Gasteiger partial charge >= 0.3 is 0 Å². The quantitative estimate of drug-likeness (QED) is 0.820. The molecule has 0 saturated carbocycles. The molecule has 25 heavy (non-hydrogen) atoms. The minimum Gasteiger partial charge on any atom is -0.496 e. The Bertz CT molecular complexity index is 741. The van der Waals surface area contributed by atoms with Crippen molar-refractivity contribution in [2.45, 2.75) is 19.9 Å². The number of aromatic nitrogens is 2. The van der Waals surface area contributed by atoms with E-state index in [1.54, 1.807) is 4.90 Å². The second kappa shape index (κ2) is 7.60. The van der Waals surface area contributed by atoms with Crippen molar-refractivity contribution < 1.29 is 18.4 Å². The van der Waals surface area contributed by atoms with Gasteiger partial charge in [0.15, 0.2) is 5.82 Å². The Morgan fingerprint density at radius 1 is 1.32 bits per heavy atom. The number of piperazine rings is 1. The fourth-order valence-electron chi connectivity index (χ4n) is 2.82. The van der Waals surface area contributed by atoms with Crippen LogP contribution in [-0.4, -0.2) is 59.1 Å². The predicted molar refractivity (Wildman–Crippen MR) is 87.8 cm³/mol. The number of aryl methyl sites for hydroxylation is 1. The monoisotopic (exact) mass is 348 g/mol.